The molecule has 0 N–H and O–H groups in total. The summed E-state index contributed by atoms with van der Waals surface area (Å²) in [6.45, 7) is 7.56. The molecule has 0 bridgehead atoms. The lowest BCUT2D eigenvalue weighted by Gasteiger charge is -2.24. The number of hydrogen-bond acceptors (Lipinski definition) is 4. The molecule has 0 amide bonds. The quantitative estimate of drug-likeness (QED) is 0.823. The second-order valence-electron chi connectivity index (χ2n) is 6.23. The molecule has 1 unspecified atom stereocenters. The van der Waals surface area contributed by atoms with Crippen LogP contribution in [0.1, 0.15) is 35.6 Å². The number of rotatable bonds is 6. The Labute approximate surface area is 131 Å². The highest BCUT2D eigenvalue weighted by atomic mass is 16.5. The zero-order valence-corrected chi connectivity index (χ0v) is 13.7. The van der Waals surface area contributed by atoms with Crippen molar-refractivity contribution in [3.63, 3.8) is 0 Å². The second-order valence-corrected chi connectivity index (χ2v) is 6.23. The topological polar surface area (TPSA) is 43.4 Å². The van der Waals surface area contributed by atoms with Crippen LogP contribution in [0, 0.1) is 13.8 Å². The Kier molecular flexibility index (Phi) is 4.64. The van der Waals surface area contributed by atoms with Crippen molar-refractivity contribution in [2.24, 2.45) is 7.05 Å². The highest BCUT2D eigenvalue weighted by molar-refractivity contribution is 5.15. The van der Waals surface area contributed by atoms with Crippen LogP contribution < -0.4 is 0 Å². The number of hydrogen-bond donors (Lipinski definition) is 0. The summed E-state index contributed by atoms with van der Waals surface area (Å²) in [5, 5.41) is 4.44. The van der Waals surface area contributed by atoms with Crippen LogP contribution in [-0.4, -0.2) is 33.9 Å². The van der Waals surface area contributed by atoms with E-state index in [1.807, 2.05) is 24.7 Å². The molecular formula is C17H25N3O2. The largest absolute Gasteiger partial charge is 0.465 e. The van der Waals surface area contributed by atoms with Gasteiger partial charge in [-0.1, -0.05) is 0 Å². The first-order chi connectivity index (χ1) is 10.6. The number of nitrogens with zero attached hydrogens (tertiary/aromatic N) is 3. The Hall–Kier alpha value is -1.59. The summed E-state index contributed by atoms with van der Waals surface area (Å²) in [7, 11) is 1.97. The van der Waals surface area contributed by atoms with Crippen LogP contribution in [0.5, 0.6) is 0 Å². The van der Waals surface area contributed by atoms with E-state index in [4.69, 9.17) is 9.15 Å². The van der Waals surface area contributed by atoms with E-state index in [0.717, 1.165) is 49.9 Å². The summed E-state index contributed by atoms with van der Waals surface area (Å²) in [5.74, 6) is 1.97. The SMILES string of the molecule is Cc1ccc(CN(Cc2cn(C)nc2C)CC2CCCO2)o1. The van der Waals surface area contributed by atoms with Gasteiger partial charge in [0.25, 0.3) is 0 Å². The number of aromatic nitrogens is 2. The van der Waals surface area contributed by atoms with E-state index < -0.39 is 0 Å². The molecule has 0 spiro atoms. The van der Waals surface area contributed by atoms with Gasteiger partial charge in [0.2, 0.25) is 0 Å². The minimum atomic E-state index is 0.341. The van der Waals surface area contributed by atoms with Crippen molar-refractivity contribution >= 4 is 0 Å². The predicted molar refractivity (Wildman–Crippen MR) is 84.5 cm³/mol. The van der Waals surface area contributed by atoms with Crippen LogP contribution in [0.4, 0.5) is 0 Å². The molecule has 1 fully saturated rings. The molecule has 22 heavy (non-hydrogen) atoms. The molecule has 0 aliphatic carbocycles. The molecule has 1 saturated heterocycles. The normalized spacial score (nSPS) is 18.5. The smallest absolute Gasteiger partial charge is 0.118 e. The second kappa shape index (κ2) is 6.67. The highest BCUT2D eigenvalue weighted by Crippen LogP contribution is 2.19. The van der Waals surface area contributed by atoms with Gasteiger partial charge in [0.1, 0.15) is 11.5 Å². The molecule has 2 aromatic heterocycles. The molecule has 1 aliphatic heterocycles. The number of aryl methyl sites for hydroxylation is 3. The predicted octanol–water partition coefficient (Wildman–Crippen LogP) is 2.81. The summed E-state index contributed by atoms with van der Waals surface area (Å²) in [6, 6.07) is 4.09. The molecule has 3 heterocycles. The van der Waals surface area contributed by atoms with Gasteiger partial charge in [-0.2, -0.15) is 5.10 Å². The number of ether oxygens (including phenoxy) is 1. The Balaban J connectivity index is 1.71. The Morgan fingerprint density at radius 2 is 2.18 bits per heavy atom. The van der Waals surface area contributed by atoms with Crippen LogP contribution in [-0.2, 0) is 24.9 Å². The molecule has 5 nitrogen and oxygen atoms in total. The summed E-state index contributed by atoms with van der Waals surface area (Å²) in [5.41, 5.74) is 2.36. The van der Waals surface area contributed by atoms with Crippen molar-refractivity contribution in [2.45, 2.75) is 45.9 Å². The highest BCUT2D eigenvalue weighted by Gasteiger charge is 2.21. The molecule has 0 radical (unpaired) electrons. The molecule has 1 atom stereocenters. The molecule has 2 aromatic rings. The Bertz CT molecular complexity index is 611. The number of furan rings is 1. The first-order valence-electron chi connectivity index (χ1n) is 7.98. The van der Waals surface area contributed by atoms with Crippen molar-refractivity contribution in [3.8, 4) is 0 Å². The third kappa shape index (κ3) is 3.78. The van der Waals surface area contributed by atoms with Crippen LogP contribution in [0.2, 0.25) is 0 Å². The van der Waals surface area contributed by atoms with Crippen molar-refractivity contribution in [2.75, 3.05) is 13.2 Å². The molecule has 1 aliphatic rings. The fourth-order valence-corrected chi connectivity index (χ4v) is 3.10. The molecule has 120 valence electrons. The molecular weight excluding hydrogens is 278 g/mol. The van der Waals surface area contributed by atoms with E-state index in [2.05, 4.69) is 29.2 Å². The Morgan fingerprint density at radius 1 is 1.32 bits per heavy atom. The fourth-order valence-electron chi connectivity index (χ4n) is 3.10. The van der Waals surface area contributed by atoms with E-state index in [1.54, 1.807) is 0 Å². The average Bonchev–Trinajstić information content (AvgIpc) is 3.15. The summed E-state index contributed by atoms with van der Waals surface area (Å²) in [4.78, 5) is 2.40. The summed E-state index contributed by atoms with van der Waals surface area (Å²) in [6.07, 6.45) is 4.77. The molecule has 5 heteroatoms. The molecule has 3 rings (SSSR count). The lowest BCUT2D eigenvalue weighted by atomic mass is 10.2. The van der Waals surface area contributed by atoms with Gasteiger partial charge in [-0.15, -0.1) is 0 Å². The standard InChI is InChI=1S/C17H25N3O2/c1-13-6-7-17(22-13)12-20(11-16-5-4-8-21-16)10-15-9-19(3)18-14(15)2/h6-7,9,16H,4-5,8,10-12H2,1-3H3. The Morgan fingerprint density at radius 3 is 2.77 bits per heavy atom. The summed E-state index contributed by atoms with van der Waals surface area (Å²) < 4.78 is 13.4. The van der Waals surface area contributed by atoms with Crippen LogP contribution >= 0.6 is 0 Å². The molecule has 0 saturated carbocycles. The lowest BCUT2D eigenvalue weighted by Crippen LogP contribution is -2.31. The van der Waals surface area contributed by atoms with E-state index in [1.165, 1.54) is 12.0 Å². The zero-order valence-electron chi connectivity index (χ0n) is 13.7. The third-order valence-electron chi connectivity index (χ3n) is 4.17. The maximum Gasteiger partial charge on any atom is 0.118 e. The maximum atomic E-state index is 5.81. The maximum absolute atomic E-state index is 5.81. The zero-order chi connectivity index (χ0) is 15.5. The van der Waals surface area contributed by atoms with Gasteiger partial charge in [0.15, 0.2) is 0 Å². The van der Waals surface area contributed by atoms with Gasteiger partial charge in [-0.3, -0.25) is 9.58 Å². The molecule has 0 aromatic carbocycles. The first-order valence-corrected chi connectivity index (χ1v) is 7.98. The van der Waals surface area contributed by atoms with Gasteiger partial charge in [0.05, 0.1) is 18.3 Å². The van der Waals surface area contributed by atoms with E-state index in [-0.39, 0.29) is 0 Å². The van der Waals surface area contributed by atoms with Crippen molar-refractivity contribution in [1.29, 1.82) is 0 Å². The minimum absolute atomic E-state index is 0.341. The van der Waals surface area contributed by atoms with E-state index in [9.17, 15) is 0 Å². The summed E-state index contributed by atoms with van der Waals surface area (Å²) >= 11 is 0. The lowest BCUT2D eigenvalue weighted by molar-refractivity contribution is 0.0653. The minimum Gasteiger partial charge on any atom is -0.465 e. The van der Waals surface area contributed by atoms with Gasteiger partial charge in [-0.05, 0) is 38.8 Å². The van der Waals surface area contributed by atoms with Crippen molar-refractivity contribution < 1.29 is 9.15 Å². The van der Waals surface area contributed by atoms with Crippen LogP contribution in [0.3, 0.4) is 0 Å². The van der Waals surface area contributed by atoms with Crippen LogP contribution in [0.25, 0.3) is 0 Å². The third-order valence-corrected chi connectivity index (χ3v) is 4.17. The van der Waals surface area contributed by atoms with Gasteiger partial charge >= 0.3 is 0 Å². The van der Waals surface area contributed by atoms with E-state index in [0.29, 0.717) is 6.10 Å². The average molecular weight is 303 g/mol. The van der Waals surface area contributed by atoms with E-state index >= 15 is 0 Å². The first kappa shape index (κ1) is 15.3. The monoisotopic (exact) mass is 303 g/mol. The van der Waals surface area contributed by atoms with Crippen molar-refractivity contribution in [1.82, 2.24) is 14.7 Å². The van der Waals surface area contributed by atoms with Crippen LogP contribution in [0.15, 0.2) is 22.7 Å². The van der Waals surface area contributed by atoms with Crippen molar-refractivity contribution in [3.05, 3.63) is 41.1 Å². The van der Waals surface area contributed by atoms with Gasteiger partial charge in [-0.25, -0.2) is 0 Å². The van der Waals surface area contributed by atoms with Gasteiger partial charge < -0.3 is 9.15 Å². The fraction of sp³-hybridized carbons (Fsp3) is 0.588. The van der Waals surface area contributed by atoms with Gasteiger partial charge in [0, 0.05) is 38.5 Å².